The van der Waals surface area contributed by atoms with Crippen LogP contribution in [-0.4, -0.2) is 32.6 Å². The lowest BCUT2D eigenvalue weighted by Crippen LogP contribution is -2.27. The molecule has 120 valence electrons. The van der Waals surface area contributed by atoms with E-state index in [2.05, 4.69) is 22.4 Å². The van der Waals surface area contributed by atoms with Crippen LogP contribution < -0.4 is 10.1 Å². The Morgan fingerprint density at radius 1 is 1.26 bits per heavy atom. The first-order chi connectivity index (χ1) is 11.0. The van der Waals surface area contributed by atoms with Gasteiger partial charge in [-0.2, -0.15) is 5.26 Å². The quantitative estimate of drug-likeness (QED) is 0.872. The van der Waals surface area contributed by atoms with E-state index in [-0.39, 0.29) is 6.04 Å². The number of nitriles is 1. The lowest BCUT2D eigenvalue weighted by Gasteiger charge is -2.26. The molecular weight excluding hydrogens is 310 g/mol. The number of nitrogens with zero attached hydrogens (tertiary/aromatic N) is 2. The summed E-state index contributed by atoms with van der Waals surface area (Å²) < 4.78 is 5.30. The van der Waals surface area contributed by atoms with Crippen molar-refractivity contribution in [3.05, 3.63) is 58.6 Å². The fourth-order valence-electron chi connectivity index (χ4n) is 2.41. The molecule has 0 saturated carbocycles. The van der Waals surface area contributed by atoms with Gasteiger partial charge in [0.05, 0.1) is 24.4 Å². The molecule has 0 aliphatic carbocycles. The summed E-state index contributed by atoms with van der Waals surface area (Å²) in [5.41, 5.74) is 2.47. The van der Waals surface area contributed by atoms with E-state index in [0.29, 0.717) is 17.1 Å². The summed E-state index contributed by atoms with van der Waals surface area (Å²) in [6.07, 6.45) is 0. The lowest BCUT2D eigenvalue weighted by molar-refractivity contribution is 0.310. The van der Waals surface area contributed by atoms with Crippen LogP contribution in [-0.2, 0) is 0 Å². The number of nitrogens with one attached hydrogen (secondary N) is 1. The van der Waals surface area contributed by atoms with Crippen LogP contribution in [0, 0.1) is 11.3 Å². The topological polar surface area (TPSA) is 48.3 Å². The van der Waals surface area contributed by atoms with Gasteiger partial charge in [-0.15, -0.1) is 0 Å². The van der Waals surface area contributed by atoms with Gasteiger partial charge in [0.2, 0.25) is 0 Å². The van der Waals surface area contributed by atoms with Crippen molar-refractivity contribution >= 4 is 17.3 Å². The normalized spacial score (nSPS) is 11.8. The minimum atomic E-state index is 0.135. The monoisotopic (exact) mass is 329 g/mol. The molecule has 0 aliphatic heterocycles. The summed E-state index contributed by atoms with van der Waals surface area (Å²) in [6.45, 7) is 0.648. The number of ether oxygens (including phenoxy) is 1. The maximum atomic E-state index is 9.21. The van der Waals surface area contributed by atoms with Crippen molar-refractivity contribution in [2.24, 2.45) is 0 Å². The van der Waals surface area contributed by atoms with Gasteiger partial charge in [-0.1, -0.05) is 23.7 Å². The molecule has 0 bridgehead atoms. The first-order valence-corrected chi connectivity index (χ1v) is 7.67. The van der Waals surface area contributed by atoms with Gasteiger partial charge < -0.3 is 15.0 Å². The van der Waals surface area contributed by atoms with Crippen LogP contribution in [0.2, 0.25) is 5.02 Å². The highest BCUT2D eigenvalue weighted by Crippen LogP contribution is 2.25. The SMILES string of the molecule is COc1cccc(C(CNc2cc(Cl)ccc2C#N)N(C)C)c1. The van der Waals surface area contributed by atoms with Crippen molar-refractivity contribution in [2.75, 3.05) is 33.1 Å². The molecule has 2 aromatic carbocycles. The third-order valence-electron chi connectivity index (χ3n) is 3.69. The molecule has 1 atom stereocenters. The highest BCUT2D eigenvalue weighted by molar-refractivity contribution is 6.30. The Morgan fingerprint density at radius 2 is 2.04 bits per heavy atom. The van der Waals surface area contributed by atoms with Crippen molar-refractivity contribution in [1.82, 2.24) is 4.90 Å². The molecule has 0 aromatic heterocycles. The second-order valence-corrected chi connectivity index (χ2v) is 5.88. The van der Waals surface area contributed by atoms with Gasteiger partial charge >= 0.3 is 0 Å². The molecule has 2 aromatic rings. The molecule has 5 heteroatoms. The summed E-state index contributed by atoms with van der Waals surface area (Å²) in [4.78, 5) is 2.12. The number of halogens is 1. The van der Waals surface area contributed by atoms with Gasteiger partial charge in [0.15, 0.2) is 0 Å². The van der Waals surface area contributed by atoms with E-state index in [1.165, 1.54) is 0 Å². The maximum absolute atomic E-state index is 9.21. The first kappa shape index (κ1) is 17.1. The van der Waals surface area contributed by atoms with Gasteiger partial charge in [-0.25, -0.2) is 0 Å². The van der Waals surface area contributed by atoms with Gasteiger partial charge in [-0.3, -0.25) is 0 Å². The number of methoxy groups -OCH3 is 1. The lowest BCUT2D eigenvalue weighted by atomic mass is 10.1. The fourth-order valence-corrected chi connectivity index (χ4v) is 2.59. The third kappa shape index (κ3) is 4.38. The molecule has 0 heterocycles. The minimum Gasteiger partial charge on any atom is -0.497 e. The molecule has 2 rings (SSSR count). The average molecular weight is 330 g/mol. The van der Waals surface area contributed by atoms with Crippen LogP contribution >= 0.6 is 11.6 Å². The molecule has 0 aliphatic rings. The third-order valence-corrected chi connectivity index (χ3v) is 3.92. The van der Waals surface area contributed by atoms with Crippen molar-refractivity contribution in [3.63, 3.8) is 0 Å². The number of hydrogen-bond donors (Lipinski definition) is 1. The van der Waals surface area contributed by atoms with Crippen LogP contribution in [0.4, 0.5) is 5.69 Å². The van der Waals surface area contributed by atoms with E-state index in [4.69, 9.17) is 16.3 Å². The Bertz CT molecular complexity index is 710. The highest BCUT2D eigenvalue weighted by Gasteiger charge is 2.15. The van der Waals surface area contributed by atoms with Gasteiger partial charge in [0.25, 0.3) is 0 Å². The molecule has 0 amide bonds. The summed E-state index contributed by atoms with van der Waals surface area (Å²) in [6, 6.07) is 15.5. The van der Waals surface area contributed by atoms with Gasteiger partial charge in [0.1, 0.15) is 11.8 Å². The van der Waals surface area contributed by atoms with E-state index in [9.17, 15) is 5.26 Å². The largest absolute Gasteiger partial charge is 0.497 e. The van der Waals surface area contributed by atoms with Crippen LogP contribution in [0.25, 0.3) is 0 Å². The van der Waals surface area contributed by atoms with Crippen molar-refractivity contribution < 1.29 is 4.74 Å². The van der Waals surface area contributed by atoms with Crippen molar-refractivity contribution in [3.8, 4) is 11.8 Å². The maximum Gasteiger partial charge on any atom is 0.119 e. The van der Waals surface area contributed by atoms with E-state index in [1.807, 2.05) is 32.3 Å². The van der Waals surface area contributed by atoms with E-state index >= 15 is 0 Å². The summed E-state index contributed by atoms with van der Waals surface area (Å²) >= 11 is 6.03. The predicted octanol–water partition coefficient (Wildman–Crippen LogP) is 3.94. The predicted molar refractivity (Wildman–Crippen MR) is 94.1 cm³/mol. The standard InChI is InChI=1S/C18H20ClN3O/c1-22(2)18(13-5-4-6-16(9-13)23-3)12-21-17-10-15(19)8-7-14(17)11-20/h4-10,18,21H,12H2,1-3H3. The second-order valence-electron chi connectivity index (χ2n) is 5.44. The molecule has 1 unspecified atom stereocenters. The zero-order valence-electron chi connectivity index (χ0n) is 13.5. The first-order valence-electron chi connectivity index (χ1n) is 7.29. The second kappa shape index (κ2) is 7.87. The zero-order valence-corrected chi connectivity index (χ0v) is 14.3. The Labute approximate surface area is 142 Å². The molecule has 1 N–H and O–H groups in total. The molecule has 4 nitrogen and oxygen atoms in total. The van der Waals surface area contributed by atoms with Gasteiger partial charge in [0, 0.05) is 11.6 Å². The molecule has 0 saturated heterocycles. The molecule has 23 heavy (non-hydrogen) atoms. The average Bonchev–Trinajstić information content (AvgIpc) is 2.55. The summed E-state index contributed by atoms with van der Waals surface area (Å²) in [7, 11) is 5.71. The van der Waals surface area contributed by atoms with E-state index in [1.54, 1.807) is 25.3 Å². The molecule has 0 spiro atoms. The Kier molecular flexibility index (Phi) is 5.86. The smallest absolute Gasteiger partial charge is 0.119 e. The van der Waals surface area contributed by atoms with E-state index < -0.39 is 0 Å². The zero-order chi connectivity index (χ0) is 16.8. The number of anilines is 1. The van der Waals surface area contributed by atoms with E-state index in [0.717, 1.165) is 17.0 Å². The Morgan fingerprint density at radius 3 is 2.70 bits per heavy atom. The summed E-state index contributed by atoms with van der Waals surface area (Å²) in [5.74, 6) is 0.829. The fraction of sp³-hybridized carbons (Fsp3) is 0.278. The van der Waals surface area contributed by atoms with Crippen LogP contribution in [0.5, 0.6) is 5.75 Å². The number of likely N-dealkylation sites (N-methyl/N-ethyl adjacent to an activating group) is 1. The van der Waals surface area contributed by atoms with Crippen molar-refractivity contribution in [1.29, 1.82) is 5.26 Å². The Balaban J connectivity index is 2.21. The molecular formula is C18H20ClN3O. The van der Waals surface area contributed by atoms with Crippen LogP contribution in [0.3, 0.4) is 0 Å². The van der Waals surface area contributed by atoms with Crippen LogP contribution in [0.15, 0.2) is 42.5 Å². The number of benzene rings is 2. The highest BCUT2D eigenvalue weighted by atomic mass is 35.5. The minimum absolute atomic E-state index is 0.135. The molecule has 0 fully saturated rings. The Hall–Kier alpha value is -2.22. The number of rotatable bonds is 6. The van der Waals surface area contributed by atoms with Crippen molar-refractivity contribution in [2.45, 2.75) is 6.04 Å². The van der Waals surface area contributed by atoms with Gasteiger partial charge in [-0.05, 0) is 50.0 Å². The van der Waals surface area contributed by atoms with Crippen LogP contribution in [0.1, 0.15) is 17.2 Å². The summed E-state index contributed by atoms with van der Waals surface area (Å²) in [5, 5.41) is 13.1. The molecule has 0 radical (unpaired) electrons. The number of hydrogen-bond acceptors (Lipinski definition) is 4.